The quantitative estimate of drug-likeness (QED) is 0.697. The molecule has 0 aromatic heterocycles. The molecule has 0 bridgehead atoms. The van der Waals surface area contributed by atoms with Gasteiger partial charge in [-0.15, -0.1) is 0 Å². The van der Waals surface area contributed by atoms with Crippen molar-refractivity contribution in [2.45, 2.75) is 26.3 Å². The van der Waals surface area contributed by atoms with Crippen LogP contribution in [0.5, 0.6) is 0 Å². The van der Waals surface area contributed by atoms with Crippen LogP contribution in [-0.4, -0.2) is 7.05 Å². The Morgan fingerprint density at radius 2 is 2.08 bits per heavy atom. The van der Waals surface area contributed by atoms with Gasteiger partial charge in [0.1, 0.15) is 0 Å². The van der Waals surface area contributed by atoms with Crippen molar-refractivity contribution in [3.8, 4) is 0 Å². The first-order valence-electron chi connectivity index (χ1n) is 4.71. The summed E-state index contributed by atoms with van der Waals surface area (Å²) >= 11 is 0. The molecule has 0 aliphatic carbocycles. The Morgan fingerprint density at radius 3 is 2.54 bits per heavy atom. The fourth-order valence-corrected chi connectivity index (χ4v) is 1.65. The molecule has 1 aromatic carbocycles. The molecule has 3 N–H and O–H groups in total. The van der Waals surface area contributed by atoms with E-state index in [4.69, 9.17) is 5.73 Å². The van der Waals surface area contributed by atoms with Crippen molar-refractivity contribution in [2.24, 2.45) is 0 Å². The molecule has 2 nitrogen and oxygen atoms in total. The van der Waals surface area contributed by atoms with Crippen molar-refractivity contribution in [1.82, 2.24) is 5.32 Å². The summed E-state index contributed by atoms with van der Waals surface area (Å²) in [5.41, 5.74) is 9.14. The number of anilines is 1. The first-order valence-corrected chi connectivity index (χ1v) is 4.71. The van der Waals surface area contributed by atoms with E-state index in [0.717, 1.165) is 12.1 Å². The SMILES string of the molecule is CCC(NC)c1cc(C)cc(N)c1. The van der Waals surface area contributed by atoms with Crippen LogP contribution in [0.3, 0.4) is 0 Å². The molecule has 1 atom stereocenters. The molecule has 0 aliphatic rings. The van der Waals surface area contributed by atoms with E-state index in [0.29, 0.717) is 6.04 Å². The van der Waals surface area contributed by atoms with Gasteiger partial charge in [0.2, 0.25) is 0 Å². The van der Waals surface area contributed by atoms with Gasteiger partial charge >= 0.3 is 0 Å². The van der Waals surface area contributed by atoms with Crippen molar-refractivity contribution in [3.05, 3.63) is 29.3 Å². The van der Waals surface area contributed by atoms with Crippen LogP contribution in [0, 0.1) is 6.92 Å². The minimum absolute atomic E-state index is 0.419. The first kappa shape index (κ1) is 10.1. The predicted molar refractivity (Wildman–Crippen MR) is 57.7 cm³/mol. The number of nitrogens with one attached hydrogen (secondary N) is 1. The highest BCUT2D eigenvalue weighted by Gasteiger charge is 2.06. The monoisotopic (exact) mass is 178 g/mol. The van der Waals surface area contributed by atoms with Crippen molar-refractivity contribution in [1.29, 1.82) is 0 Å². The zero-order chi connectivity index (χ0) is 9.84. The van der Waals surface area contributed by atoms with Crippen molar-refractivity contribution in [3.63, 3.8) is 0 Å². The third-order valence-electron chi connectivity index (χ3n) is 2.28. The molecule has 1 unspecified atom stereocenters. The number of nitrogen functional groups attached to an aromatic ring is 1. The topological polar surface area (TPSA) is 38.0 Å². The molecule has 0 saturated carbocycles. The number of benzene rings is 1. The van der Waals surface area contributed by atoms with Crippen LogP contribution in [0.4, 0.5) is 5.69 Å². The van der Waals surface area contributed by atoms with Crippen LogP contribution >= 0.6 is 0 Å². The van der Waals surface area contributed by atoms with Gasteiger partial charge in [-0.3, -0.25) is 0 Å². The number of hydrogen-bond donors (Lipinski definition) is 2. The fraction of sp³-hybridized carbons (Fsp3) is 0.455. The highest BCUT2D eigenvalue weighted by atomic mass is 14.9. The van der Waals surface area contributed by atoms with E-state index in [2.05, 4.69) is 25.2 Å². The summed E-state index contributed by atoms with van der Waals surface area (Å²) in [6.07, 6.45) is 1.08. The predicted octanol–water partition coefficient (Wildman–Crippen LogP) is 2.25. The number of hydrogen-bond acceptors (Lipinski definition) is 2. The van der Waals surface area contributed by atoms with E-state index >= 15 is 0 Å². The van der Waals surface area contributed by atoms with E-state index in [1.165, 1.54) is 11.1 Å². The van der Waals surface area contributed by atoms with E-state index in [1.807, 2.05) is 19.2 Å². The third kappa shape index (κ3) is 2.46. The summed E-state index contributed by atoms with van der Waals surface area (Å²) in [6, 6.07) is 6.63. The van der Waals surface area contributed by atoms with Crippen molar-refractivity contribution < 1.29 is 0 Å². The van der Waals surface area contributed by atoms with Gasteiger partial charge in [0.05, 0.1) is 0 Å². The third-order valence-corrected chi connectivity index (χ3v) is 2.28. The average molecular weight is 178 g/mol. The molecule has 0 heterocycles. The molecule has 0 saturated heterocycles. The summed E-state index contributed by atoms with van der Waals surface area (Å²) in [4.78, 5) is 0. The van der Waals surface area contributed by atoms with Gasteiger partial charge in [-0.25, -0.2) is 0 Å². The largest absolute Gasteiger partial charge is 0.399 e. The second kappa shape index (κ2) is 4.28. The van der Waals surface area contributed by atoms with Crippen LogP contribution in [0.15, 0.2) is 18.2 Å². The Hall–Kier alpha value is -1.02. The minimum Gasteiger partial charge on any atom is -0.399 e. The van der Waals surface area contributed by atoms with Gasteiger partial charge in [0.25, 0.3) is 0 Å². The van der Waals surface area contributed by atoms with E-state index in [1.54, 1.807) is 0 Å². The highest BCUT2D eigenvalue weighted by molar-refractivity contribution is 5.45. The zero-order valence-electron chi connectivity index (χ0n) is 8.59. The Labute approximate surface area is 80.1 Å². The van der Waals surface area contributed by atoms with Crippen LogP contribution in [0.25, 0.3) is 0 Å². The Bertz CT molecular complexity index is 257. The first-order chi connectivity index (χ1) is 6.17. The lowest BCUT2D eigenvalue weighted by Crippen LogP contribution is -2.15. The van der Waals surface area contributed by atoms with Gasteiger partial charge in [-0.1, -0.05) is 13.0 Å². The lowest BCUT2D eigenvalue weighted by atomic mass is 10.0. The highest BCUT2D eigenvalue weighted by Crippen LogP contribution is 2.20. The van der Waals surface area contributed by atoms with Crippen LogP contribution in [0.1, 0.15) is 30.5 Å². The number of aryl methyl sites for hydroxylation is 1. The lowest BCUT2D eigenvalue weighted by molar-refractivity contribution is 0.577. The molecule has 1 aromatic rings. The molecular weight excluding hydrogens is 160 g/mol. The minimum atomic E-state index is 0.419. The molecular formula is C11H18N2. The Morgan fingerprint density at radius 1 is 1.38 bits per heavy atom. The maximum atomic E-state index is 5.78. The van der Waals surface area contributed by atoms with E-state index in [-0.39, 0.29) is 0 Å². The van der Waals surface area contributed by atoms with Gasteiger partial charge in [0, 0.05) is 11.7 Å². The zero-order valence-corrected chi connectivity index (χ0v) is 8.59. The van der Waals surface area contributed by atoms with Gasteiger partial charge in [-0.2, -0.15) is 0 Å². The second-order valence-electron chi connectivity index (χ2n) is 3.43. The summed E-state index contributed by atoms with van der Waals surface area (Å²) in [5.74, 6) is 0. The molecule has 13 heavy (non-hydrogen) atoms. The van der Waals surface area contributed by atoms with Crippen LogP contribution in [0.2, 0.25) is 0 Å². The summed E-state index contributed by atoms with van der Waals surface area (Å²) < 4.78 is 0. The molecule has 72 valence electrons. The number of rotatable bonds is 3. The second-order valence-corrected chi connectivity index (χ2v) is 3.43. The molecule has 2 heteroatoms. The molecule has 0 radical (unpaired) electrons. The number of nitrogens with two attached hydrogens (primary N) is 1. The van der Waals surface area contributed by atoms with Gasteiger partial charge in [0.15, 0.2) is 0 Å². The summed E-state index contributed by atoms with van der Waals surface area (Å²) in [7, 11) is 1.98. The maximum absolute atomic E-state index is 5.78. The molecule has 0 spiro atoms. The smallest absolute Gasteiger partial charge is 0.0320 e. The maximum Gasteiger partial charge on any atom is 0.0320 e. The summed E-state index contributed by atoms with van der Waals surface area (Å²) in [5, 5.41) is 3.27. The van der Waals surface area contributed by atoms with Gasteiger partial charge in [-0.05, 0) is 43.7 Å². The fourth-order valence-electron chi connectivity index (χ4n) is 1.65. The summed E-state index contributed by atoms with van der Waals surface area (Å²) in [6.45, 7) is 4.24. The van der Waals surface area contributed by atoms with Crippen molar-refractivity contribution in [2.75, 3.05) is 12.8 Å². The van der Waals surface area contributed by atoms with Crippen LogP contribution in [-0.2, 0) is 0 Å². The van der Waals surface area contributed by atoms with Gasteiger partial charge < -0.3 is 11.1 Å². The standard InChI is InChI=1S/C11H18N2/c1-4-11(13-3)9-5-8(2)6-10(12)7-9/h5-7,11,13H,4,12H2,1-3H3. The average Bonchev–Trinajstić information content (AvgIpc) is 2.04. The van der Waals surface area contributed by atoms with Crippen LogP contribution < -0.4 is 11.1 Å². The molecule has 1 rings (SSSR count). The Balaban J connectivity index is 2.99. The normalized spacial score (nSPS) is 12.8. The molecule has 0 amide bonds. The van der Waals surface area contributed by atoms with Crippen molar-refractivity contribution >= 4 is 5.69 Å². The van der Waals surface area contributed by atoms with E-state index in [9.17, 15) is 0 Å². The Kier molecular flexibility index (Phi) is 3.32. The lowest BCUT2D eigenvalue weighted by Gasteiger charge is -2.15. The molecule has 0 aliphatic heterocycles. The van der Waals surface area contributed by atoms with E-state index < -0.39 is 0 Å². The molecule has 0 fully saturated rings.